The smallest absolute Gasteiger partial charge is 0.332 e. The maximum atomic E-state index is 12.3. The van der Waals surface area contributed by atoms with Crippen molar-refractivity contribution in [1.82, 2.24) is 18.7 Å². The van der Waals surface area contributed by atoms with Gasteiger partial charge in [0.2, 0.25) is 5.95 Å². The quantitative estimate of drug-likeness (QED) is 0.498. The first-order valence-corrected chi connectivity index (χ1v) is 8.22. The molecule has 27 heavy (non-hydrogen) atoms. The van der Waals surface area contributed by atoms with Crippen molar-refractivity contribution in [3.8, 4) is 11.5 Å². The number of aromatic hydroxyl groups is 1. The Morgan fingerprint density at radius 2 is 1.96 bits per heavy atom. The summed E-state index contributed by atoms with van der Waals surface area (Å²) < 4.78 is 9.21. The van der Waals surface area contributed by atoms with Crippen LogP contribution < -0.4 is 21.4 Å². The number of nitrogens with one attached hydrogen (secondary N) is 1. The number of fused-ring (bicyclic) bond motifs is 1. The van der Waals surface area contributed by atoms with Gasteiger partial charge < -0.3 is 14.4 Å². The van der Waals surface area contributed by atoms with Crippen LogP contribution in [0.5, 0.6) is 11.5 Å². The number of hydrogen-bond acceptors (Lipinski definition) is 7. The van der Waals surface area contributed by atoms with Gasteiger partial charge in [-0.05, 0) is 30.7 Å². The summed E-state index contributed by atoms with van der Waals surface area (Å²) in [7, 11) is 4.63. The molecule has 10 heteroatoms. The monoisotopic (exact) mass is 372 g/mol. The zero-order chi connectivity index (χ0) is 19.7. The van der Waals surface area contributed by atoms with E-state index in [4.69, 9.17) is 4.74 Å². The Bertz CT molecular complexity index is 1150. The van der Waals surface area contributed by atoms with Crippen molar-refractivity contribution in [1.29, 1.82) is 0 Å². The van der Waals surface area contributed by atoms with Crippen molar-refractivity contribution < 1.29 is 9.84 Å². The van der Waals surface area contributed by atoms with Gasteiger partial charge in [0.15, 0.2) is 22.7 Å². The van der Waals surface area contributed by atoms with Crippen LogP contribution in [0.1, 0.15) is 12.5 Å². The number of imidazole rings is 1. The predicted octanol–water partition coefficient (Wildman–Crippen LogP) is 0.521. The number of anilines is 1. The highest BCUT2D eigenvalue weighted by Gasteiger charge is 2.16. The van der Waals surface area contributed by atoms with Crippen LogP contribution in [0.4, 0.5) is 5.95 Å². The highest BCUT2D eigenvalue weighted by Crippen LogP contribution is 2.26. The second-order valence-electron chi connectivity index (χ2n) is 5.90. The summed E-state index contributed by atoms with van der Waals surface area (Å²) in [5, 5.41) is 13.8. The molecule has 0 saturated carbocycles. The molecule has 0 unspecified atom stereocenters. The first kappa shape index (κ1) is 18.2. The number of rotatable bonds is 5. The SMILES string of the molecule is CCOc1cc(C=NNc2nc3c(c(=O)n(C)c(=O)n3C)n2C)ccc1O. The molecule has 3 aromatic rings. The Morgan fingerprint density at radius 3 is 2.67 bits per heavy atom. The van der Waals surface area contributed by atoms with Crippen LogP contribution in [0.25, 0.3) is 11.2 Å². The van der Waals surface area contributed by atoms with E-state index >= 15 is 0 Å². The van der Waals surface area contributed by atoms with Crippen molar-refractivity contribution in [2.24, 2.45) is 26.2 Å². The number of benzene rings is 1. The molecule has 0 atom stereocenters. The molecule has 0 saturated heterocycles. The third kappa shape index (κ3) is 3.16. The molecule has 2 N–H and O–H groups in total. The average molecular weight is 372 g/mol. The lowest BCUT2D eigenvalue weighted by atomic mass is 10.2. The number of ether oxygens (including phenoxy) is 1. The molecule has 0 aliphatic carbocycles. The average Bonchev–Trinajstić information content (AvgIpc) is 2.98. The van der Waals surface area contributed by atoms with E-state index in [1.54, 1.807) is 26.2 Å². The number of aromatic nitrogens is 4. The highest BCUT2D eigenvalue weighted by molar-refractivity contribution is 5.81. The molecule has 10 nitrogen and oxygen atoms in total. The van der Waals surface area contributed by atoms with Gasteiger partial charge in [-0.2, -0.15) is 10.1 Å². The summed E-state index contributed by atoms with van der Waals surface area (Å²) in [6.45, 7) is 2.25. The van der Waals surface area contributed by atoms with E-state index in [1.807, 2.05) is 6.92 Å². The van der Waals surface area contributed by atoms with E-state index < -0.39 is 11.2 Å². The van der Waals surface area contributed by atoms with Gasteiger partial charge in [0.1, 0.15) is 0 Å². The van der Waals surface area contributed by atoms with Gasteiger partial charge in [-0.3, -0.25) is 13.9 Å². The Hall–Kier alpha value is -3.56. The van der Waals surface area contributed by atoms with E-state index in [-0.39, 0.29) is 11.4 Å². The first-order valence-electron chi connectivity index (χ1n) is 8.22. The molecule has 0 spiro atoms. The Labute approximate surface area is 154 Å². The molecule has 3 rings (SSSR count). The summed E-state index contributed by atoms with van der Waals surface area (Å²) in [5.74, 6) is 0.722. The number of phenols is 1. The minimum absolute atomic E-state index is 0.0501. The topological polar surface area (TPSA) is 116 Å². The predicted molar refractivity (Wildman–Crippen MR) is 102 cm³/mol. The second kappa shape index (κ2) is 6.98. The van der Waals surface area contributed by atoms with Crippen LogP contribution in [-0.4, -0.2) is 36.6 Å². The first-order chi connectivity index (χ1) is 12.8. The van der Waals surface area contributed by atoms with Crippen LogP contribution >= 0.6 is 0 Å². The molecule has 2 aromatic heterocycles. The fraction of sp³-hybridized carbons (Fsp3) is 0.294. The highest BCUT2D eigenvalue weighted by atomic mass is 16.5. The van der Waals surface area contributed by atoms with Gasteiger partial charge in [-0.1, -0.05) is 0 Å². The molecule has 2 heterocycles. The van der Waals surface area contributed by atoms with Crippen molar-refractivity contribution >= 4 is 23.3 Å². The molecular formula is C17H20N6O4. The fourth-order valence-electron chi connectivity index (χ4n) is 2.67. The third-order valence-electron chi connectivity index (χ3n) is 4.14. The fourth-order valence-corrected chi connectivity index (χ4v) is 2.67. The minimum Gasteiger partial charge on any atom is -0.504 e. The van der Waals surface area contributed by atoms with E-state index in [0.29, 0.717) is 29.4 Å². The molecule has 0 aliphatic heterocycles. The van der Waals surface area contributed by atoms with Gasteiger partial charge in [0, 0.05) is 21.1 Å². The number of nitrogens with zero attached hydrogens (tertiary/aromatic N) is 5. The summed E-state index contributed by atoms with van der Waals surface area (Å²) in [6.07, 6.45) is 1.53. The van der Waals surface area contributed by atoms with Gasteiger partial charge >= 0.3 is 5.69 Å². The number of aryl methyl sites for hydroxylation is 2. The molecule has 1 aromatic carbocycles. The Morgan fingerprint density at radius 1 is 1.22 bits per heavy atom. The van der Waals surface area contributed by atoms with Gasteiger partial charge in [-0.25, -0.2) is 10.2 Å². The summed E-state index contributed by atoms with van der Waals surface area (Å²) >= 11 is 0. The standard InChI is InChI=1S/C17H20N6O4/c1-5-27-12-8-10(6-7-11(12)24)9-18-20-16-19-14-13(21(16)2)15(25)23(4)17(26)22(14)3/h6-9,24H,5H2,1-4H3,(H,19,20). The molecule has 0 bridgehead atoms. The van der Waals surface area contributed by atoms with Gasteiger partial charge in [0.25, 0.3) is 5.56 Å². The maximum Gasteiger partial charge on any atom is 0.332 e. The van der Waals surface area contributed by atoms with Crippen LogP contribution in [0.3, 0.4) is 0 Å². The molecular weight excluding hydrogens is 352 g/mol. The minimum atomic E-state index is -0.451. The zero-order valence-electron chi connectivity index (χ0n) is 15.4. The molecule has 0 aliphatic rings. The van der Waals surface area contributed by atoms with E-state index in [1.165, 1.54) is 28.5 Å². The van der Waals surface area contributed by atoms with Crippen molar-refractivity contribution in [3.05, 3.63) is 44.6 Å². The van der Waals surface area contributed by atoms with Crippen LogP contribution in [0.15, 0.2) is 32.9 Å². The third-order valence-corrected chi connectivity index (χ3v) is 4.14. The van der Waals surface area contributed by atoms with Crippen LogP contribution in [0.2, 0.25) is 0 Å². The Balaban J connectivity index is 1.93. The van der Waals surface area contributed by atoms with Crippen molar-refractivity contribution in [2.75, 3.05) is 12.0 Å². The summed E-state index contributed by atoms with van der Waals surface area (Å²) in [5.41, 5.74) is 3.15. The summed E-state index contributed by atoms with van der Waals surface area (Å²) in [6, 6.07) is 4.84. The molecule has 0 fully saturated rings. The van der Waals surface area contributed by atoms with Crippen molar-refractivity contribution in [2.45, 2.75) is 6.92 Å². The van der Waals surface area contributed by atoms with Crippen LogP contribution in [-0.2, 0) is 21.1 Å². The lowest BCUT2D eigenvalue weighted by molar-refractivity contribution is 0.318. The van der Waals surface area contributed by atoms with Crippen molar-refractivity contribution in [3.63, 3.8) is 0 Å². The Kier molecular flexibility index (Phi) is 4.72. The lowest BCUT2D eigenvalue weighted by Gasteiger charge is -2.06. The second-order valence-corrected chi connectivity index (χ2v) is 5.90. The number of hydrogen-bond donors (Lipinski definition) is 2. The van der Waals surface area contributed by atoms with E-state index in [9.17, 15) is 14.7 Å². The maximum absolute atomic E-state index is 12.3. The van der Waals surface area contributed by atoms with Gasteiger partial charge in [0.05, 0.1) is 12.8 Å². The molecule has 0 radical (unpaired) electrons. The zero-order valence-corrected chi connectivity index (χ0v) is 15.4. The largest absolute Gasteiger partial charge is 0.504 e. The van der Waals surface area contributed by atoms with Crippen LogP contribution in [0, 0.1) is 0 Å². The molecule has 0 amide bonds. The number of phenolic OH excluding ortho intramolecular Hbond substituents is 1. The van der Waals surface area contributed by atoms with E-state index in [0.717, 1.165) is 4.57 Å². The normalized spacial score (nSPS) is 11.4. The van der Waals surface area contributed by atoms with Gasteiger partial charge in [-0.15, -0.1) is 0 Å². The molecule has 142 valence electrons. The number of hydrazone groups is 1. The summed E-state index contributed by atoms with van der Waals surface area (Å²) in [4.78, 5) is 28.7. The lowest BCUT2D eigenvalue weighted by Crippen LogP contribution is -2.37. The van der Waals surface area contributed by atoms with E-state index in [2.05, 4.69) is 15.5 Å².